The van der Waals surface area contributed by atoms with Crippen molar-refractivity contribution >= 4 is 6.01 Å². The topological polar surface area (TPSA) is 63.0 Å². The molecule has 0 fully saturated rings. The average Bonchev–Trinajstić information content (AvgIpc) is 2.73. The van der Waals surface area contributed by atoms with Gasteiger partial charge in [-0.1, -0.05) is 38.7 Å². The van der Waals surface area contributed by atoms with Gasteiger partial charge in [-0.25, -0.2) is 0 Å². The smallest absolute Gasteiger partial charge is 0.315 e. The lowest BCUT2D eigenvalue weighted by molar-refractivity contribution is 0.455. The maximum absolute atomic E-state index is 5.52. The van der Waals surface area contributed by atoms with Crippen LogP contribution in [0.5, 0.6) is 0 Å². The molecule has 0 bridgehead atoms. The van der Waals surface area contributed by atoms with Crippen LogP contribution in [-0.4, -0.2) is 22.8 Å². The van der Waals surface area contributed by atoms with E-state index in [0.717, 1.165) is 13.0 Å². The Morgan fingerprint density at radius 1 is 1.22 bits per heavy atom. The molecule has 0 spiro atoms. The molecule has 5 nitrogen and oxygen atoms in total. The second-order valence-electron chi connectivity index (χ2n) is 5.21. The molecule has 0 radical (unpaired) electrons. The summed E-state index contributed by atoms with van der Waals surface area (Å²) in [5, 5.41) is 14.5. The molecule has 0 aliphatic carbocycles. The van der Waals surface area contributed by atoms with E-state index in [1.807, 2.05) is 0 Å². The van der Waals surface area contributed by atoms with E-state index in [2.05, 4.69) is 48.5 Å². The third kappa shape index (κ3) is 6.00. The van der Waals surface area contributed by atoms with Gasteiger partial charge in [0.25, 0.3) is 0 Å². The molecule has 0 aliphatic rings. The number of nitrogens with one attached hydrogen (secondary N) is 2. The van der Waals surface area contributed by atoms with Crippen molar-refractivity contribution in [1.82, 2.24) is 15.5 Å². The summed E-state index contributed by atoms with van der Waals surface area (Å²) in [4.78, 5) is 0. The molecule has 1 rings (SSSR count). The van der Waals surface area contributed by atoms with Crippen molar-refractivity contribution in [3.05, 3.63) is 5.89 Å². The molecule has 1 heterocycles. The number of nitrogens with zero attached hydrogens (tertiary/aromatic N) is 2. The van der Waals surface area contributed by atoms with Gasteiger partial charge in [0.1, 0.15) is 0 Å². The maximum Gasteiger partial charge on any atom is 0.315 e. The Morgan fingerprint density at radius 2 is 2.00 bits per heavy atom. The SMILES string of the molecule is CCCCC(C)Nc1nnc(CNCC(C)C)o1. The number of anilines is 1. The van der Waals surface area contributed by atoms with Crippen LogP contribution in [0.3, 0.4) is 0 Å². The van der Waals surface area contributed by atoms with Crippen molar-refractivity contribution < 1.29 is 4.42 Å². The Hall–Kier alpha value is -1.10. The summed E-state index contributed by atoms with van der Waals surface area (Å²) in [6, 6.07) is 0.904. The minimum atomic E-state index is 0.377. The molecule has 1 atom stereocenters. The standard InChI is InChI=1S/C13H26N4O/c1-5-6-7-11(4)15-13-17-16-12(18-13)9-14-8-10(2)3/h10-11,14H,5-9H2,1-4H3,(H,15,17). The fraction of sp³-hybridized carbons (Fsp3) is 0.846. The van der Waals surface area contributed by atoms with Gasteiger partial charge >= 0.3 is 6.01 Å². The van der Waals surface area contributed by atoms with Gasteiger partial charge in [0, 0.05) is 6.04 Å². The van der Waals surface area contributed by atoms with Gasteiger partial charge in [0.15, 0.2) is 0 Å². The molecule has 0 aliphatic heterocycles. The first-order valence-electron chi connectivity index (χ1n) is 6.91. The number of unbranched alkanes of at least 4 members (excludes halogenated alkanes) is 1. The molecule has 0 aromatic carbocycles. The summed E-state index contributed by atoms with van der Waals surface area (Å²) >= 11 is 0. The summed E-state index contributed by atoms with van der Waals surface area (Å²) in [6.07, 6.45) is 3.55. The lowest BCUT2D eigenvalue weighted by Crippen LogP contribution is -2.19. The first kappa shape index (κ1) is 15.0. The van der Waals surface area contributed by atoms with Crippen LogP contribution < -0.4 is 10.6 Å². The van der Waals surface area contributed by atoms with Crippen molar-refractivity contribution in [2.75, 3.05) is 11.9 Å². The van der Waals surface area contributed by atoms with Gasteiger partial charge in [-0.2, -0.15) is 0 Å². The van der Waals surface area contributed by atoms with Crippen molar-refractivity contribution in [3.8, 4) is 0 Å². The molecule has 1 aromatic rings. The van der Waals surface area contributed by atoms with Crippen LogP contribution in [0.15, 0.2) is 4.42 Å². The summed E-state index contributed by atoms with van der Waals surface area (Å²) in [5.41, 5.74) is 0. The van der Waals surface area contributed by atoms with Crippen LogP contribution in [0.4, 0.5) is 6.01 Å². The Morgan fingerprint density at radius 3 is 2.67 bits per heavy atom. The van der Waals surface area contributed by atoms with Crippen LogP contribution in [0.25, 0.3) is 0 Å². The third-order valence-electron chi connectivity index (χ3n) is 2.66. The number of rotatable bonds is 9. The molecular formula is C13H26N4O. The van der Waals surface area contributed by atoms with E-state index in [1.165, 1.54) is 12.8 Å². The highest BCUT2D eigenvalue weighted by Crippen LogP contribution is 2.10. The highest BCUT2D eigenvalue weighted by atomic mass is 16.4. The van der Waals surface area contributed by atoms with Crippen LogP contribution in [0.2, 0.25) is 0 Å². The predicted molar refractivity (Wildman–Crippen MR) is 73.5 cm³/mol. The quantitative estimate of drug-likeness (QED) is 0.709. The van der Waals surface area contributed by atoms with E-state index >= 15 is 0 Å². The maximum atomic E-state index is 5.52. The van der Waals surface area contributed by atoms with Gasteiger partial charge in [-0.3, -0.25) is 0 Å². The molecule has 1 aromatic heterocycles. The molecule has 2 N–H and O–H groups in total. The van der Waals surface area contributed by atoms with Gasteiger partial charge in [0.05, 0.1) is 6.54 Å². The van der Waals surface area contributed by atoms with Crippen molar-refractivity contribution in [1.29, 1.82) is 0 Å². The van der Waals surface area contributed by atoms with Crippen molar-refractivity contribution in [2.45, 2.75) is 59.5 Å². The van der Waals surface area contributed by atoms with Crippen LogP contribution in [-0.2, 0) is 6.54 Å². The fourth-order valence-electron chi connectivity index (χ4n) is 1.64. The minimum Gasteiger partial charge on any atom is -0.407 e. The van der Waals surface area contributed by atoms with E-state index < -0.39 is 0 Å². The third-order valence-corrected chi connectivity index (χ3v) is 2.66. The van der Waals surface area contributed by atoms with E-state index in [9.17, 15) is 0 Å². The van der Waals surface area contributed by atoms with E-state index in [1.54, 1.807) is 0 Å². The Labute approximate surface area is 110 Å². The largest absolute Gasteiger partial charge is 0.407 e. The highest BCUT2D eigenvalue weighted by molar-refractivity contribution is 5.18. The average molecular weight is 254 g/mol. The van der Waals surface area contributed by atoms with Gasteiger partial charge in [0.2, 0.25) is 5.89 Å². The molecule has 104 valence electrons. The second-order valence-corrected chi connectivity index (χ2v) is 5.21. The zero-order valence-corrected chi connectivity index (χ0v) is 12.0. The number of hydrogen-bond acceptors (Lipinski definition) is 5. The van der Waals surface area contributed by atoms with Gasteiger partial charge in [-0.15, -0.1) is 5.10 Å². The second kappa shape index (κ2) is 8.08. The summed E-state index contributed by atoms with van der Waals surface area (Å²) in [7, 11) is 0. The predicted octanol–water partition coefficient (Wildman–Crippen LogP) is 2.81. The molecule has 18 heavy (non-hydrogen) atoms. The molecule has 0 amide bonds. The highest BCUT2D eigenvalue weighted by Gasteiger charge is 2.08. The van der Waals surface area contributed by atoms with Crippen molar-refractivity contribution in [2.24, 2.45) is 5.92 Å². The molecule has 5 heteroatoms. The van der Waals surface area contributed by atoms with Crippen LogP contribution >= 0.6 is 0 Å². The molecule has 1 unspecified atom stereocenters. The van der Waals surface area contributed by atoms with Crippen molar-refractivity contribution in [3.63, 3.8) is 0 Å². The van der Waals surface area contributed by atoms with E-state index in [-0.39, 0.29) is 0 Å². The summed E-state index contributed by atoms with van der Waals surface area (Å²) in [6.45, 7) is 10.3. The minimum absolute atomic E-state index is 0.377. The summed E-state index contributed by atoms with van der Waals surface area (Å²) in [5.74, 6) is 1.26. The van der Waals surface area contributed by atoms with Crippen LogP contribution in [0, 0.1) is 5.92 Å². The first-order chi connectivity index (χ1) is 8.61. The Bertz CT molecular complexity index is 325. The molecule has 0 saturated carbocycles. The van der Waals surface area contributed by atoms with Crippen LogP contribution in [0.1, 0.15) is 52.8 Å². The Kier molecular flexibility index (Phi) is 6.72. The fourth-order valence-corrected chi connectivity index (χ4v) is 1.64. The van der Waals surface area contributed by atoms with Gasteiger partial charge in [-0.05, 0) is 25.8 Å². The molecular weight excluding hydrogens is 228 g/mol. The first-order valence-corrected chi connectivity index (χ1v) is 6.91. The monoisotopic (exact) mass is 254 g/mol. The number of aromatic nitrogens is 2. The van der Waals surface area contributed by atoms with E-state index in [0.29, 0.717) is 30.4 Å². The Balaban J connectivity index is 2.29. The molecule has 0 saturated heterocycles. The zero-order chi connectivity index (χ0) is 13.4. The number of hydrogen-bond donors (Lipinski definition) is 2. The van der Waals surface area contributed by atoms with E-state index in [4.69, 9.17) is 4.42 Å². The zero-order valence-electron chi connectivity index (χ0n) is 12.0. The normalized spacial score (nSPS) is 12.9. The lowest BCUT2D eigenvalue weighted by Gasteiger charge is -2.10. The summed E-state index contributed by atoms with van der Waals surface area (Å²) < 4.78 is 5.52. The van der Waals surface area contributed by atoms with Gasteiger partial charge < -0.3 is 15.1 Å². The lowest BCUT2D eigenvalue weighted by atomic mass is 10.1.